The monoisotopic (exact) mass is 595 g/mol. The molecule has 0 aliphatic carbocycles. The van der Waals surface area contributed by atoms with E-state index in [0.29, 0.717) is 5.56 Å². The van der Waals surface area contributed by atoms with E-state index in [1.165, 1.54) is 0 Å². The summed E-state index contributed by atoms with van der Waals surface area (Å²) in [5.74, 6) is -6.90. The molecule has 0 saturated carbocycles. The van der Waals surface area contributed by atoms with E-state index in [0.717, 1.165) is 16.5 Å². The molecular weight excluding hydrogens is 562 g/mol. The minimum atomic E-state index is -1.77. The molecule has 0 aliphatic rings. The Hall–Kier alpha value is -5.24. The van der Waals surface area contributed by atoms with Crippen molar-refractivity contribution in [2.75, 3.05) is 0 Å². The van der Waals surface area contributed by atoms with Crippen molar-refractivity contribution in [3.63, 3.8) is 0 Å². The topological polar surface area (TPSA) is 241 Å². The summed E-state index contributed by atoms with van der Waals surface area (Å²) in [5, 5.41) is 35.5. The zero-order chi connectivity index (χ0) is 31.5. The smallest absolute Gasteiger partial charge is 0.326 e. The van der Waals surface area contributed by atoms with Crippen molar-refractivity contribution in [2.24, 2.45) is 5.73 Å². The van der Waals surface area contributed by atoms with Crippen LogP contribution in [-0.2, 0) is 41.6 Å². The molecule has 0 fully saturated rings. The molecule has 14 nitrogen and oxygen atoms in total. The molecule has 14 heteroatoms. The fourth-order valence-corrected chi connectivity index (χ4v) is 4.42. The third-order valence-corrected chi connectivity index (χ3v) is 6.64. The number of carbonyl (C=O) groups excluding carboxylic acids is 3. The number of nitrogens with two attached hydrogens (primary N) is 1. The van der Waals surface area contributed by atoms with Gasteiger partial charge in [-0.25, -0.2) is 4.79 Å². The molecule has 0 aliphatic heterocycles. The van der Waals surface area contributed by atoms with Crippen LogP contribution in [0.25, 0.3) is 10.9 Å². The Balaban J connectivity index is 1.77. The van der Waals surface area contributed by atoms with Crippen molar-refractivity contribution in [1.82, 2.24) is 20.9 Å². The fourth-order valence-electron chi connectivity index (χ4n) is 4.42. The summed E-state index contributed by atoms with van der Waals surface area (Å²) in [6, 6.07) is 10.1. The summed E-state index contributed by atoms with van der Waals surface area (Å²) in [6.07, 6.45) is -0.0130. The van der Waals surface area contributed by atoms with E-state index in [1.54, 1.807) is 36.5 Å². The summed E-state index contributed by atoms with van der Waals surface area (Å²) in [7, 11) is 0. The lowest BCUT2D eigenvalue weighted by Crippen LogP contribution is -2.58. The maximum Gasteiger partial charge on any atom is 0.326 e. The second kappa shape index (κ2) is 15.1. The number of aliphatic carboxylic acids is 3. The molecule has 1 heterocycles. The molecular formula is C29H33N5O9. The first-order valence-electron chi connectivity index (χ1n) is 13.4. The standard InChI is InChI=1S/C29H33N5O9/c30-19(13-17-15-31-20-9-5-4-8-18(17)20)26(39)32-21(10-11-24(35)36)27(40)33-22(12-16-6-2-1-3-7-16)28(41)34-23(29(42)43)14-25(37)38/h1-9,15,19,21-23,31H,10-14,30H2,(H,32,39)(H,33,40)(H,34,41)(H,35,36)(H,37,38)(H,42,43). The third-order valence-electron chi connectivity index (χ3n) is 6.64. The maximum absolute atomic E-state index is 13.4. The van der Waals surface area contributed by atoms with E-state index >= 15 is 0 Å². The van der Waals surface area contributed by atoms with Crippen molar-refractivity contribution < 1.29 is 44.1 Å². The molecule has 2 aromatic carbocycles. The molecule has 43 heavy (non-hydrogen) atoms. The van der Waals surface area contributed by atoms with Crippen LogP contribution in [0, 0.1) is 0 Å². The number of para-hydroxylation sites is 1. The Morgan fingerprint density at radius 1 is 0.721 bits per heavy atom. The summed E-state index contributed by atoms with van der Waals surface area (Å²) in [5.41, 5.74) is 8.33. The van der Waals surface area contributed by atoms with Crippen molar-refractivity contribution in [3.8, 4) is 0 Å². The van der Waals surface area contributed by atoms with Crippen molar-refractivity contribution in [3.05, 3.63) is 71.9 Å². The number of hydrogen-bond acceptors (Lipinski definition) is 7. The number of nitrogens with one attached hydrogen (secondary N) is 4. The Bertz CT molecular complexity index is 1470. The van der Waals surface area contributed by atoms with Gasteiger partial charge in [0.05, 0.1) is 12.5 Å². The number of H-pyrrole nitrogens is 1. The summed E-state index contributed by atoms with van der Waals surface area (Å²) >= 11 is 0. The molecule has 0 radical (unpaired) electrons. The zero-order valence-electron chi connectivity index (χ0n) is 23.0. The largest absolute Gasteiger partial charge is 0.481 e. The van der Waals surface area contributed by atoms with Gasteiger partial charge in [-0.1, -0.05) is 48.5 Å². The van der Waals surface area contributed by atoms with Crippen LogP contribution >= 0.6 is 0 Å². The van der Waals surface area contributed by atoms with Crippen molar-refractivity contribution >= 4 is 46.5 Å². The van der Waals surface area contributed by atoms with E-state index in [2.05, 4.69) is 20.9 Å². The minimum Gasteiger partial charge on any atom is -0.481 e. The average Bonchev–Trinajstić information content (AvgIpc) is 3.37. The average molecular weight is 596 g/mol. The number of rotatable bonds is 16. The molecule has 4 atom stereocenters. The normalized spacial score (nSPS) is 13.7. The maximum atomic E-state index is 13.4. The van der Waals surface area contributed by atoms with Crippen LogP contribution < -0.4 is 21.7 Å². The van der Waals surface area contributed by atoms with Gasteiger partial charge < -0.3 is 42.0 Å². The predicted octanol–water partition coefficient (Wildman–Crippen LogP) is 0.159. The van der Waals surface area contributed by atoms with Crippen LogP contribution in [0.1, 0.15) is 30.4 Å². The second-order valence-electron chi connectivity index (χ2n) is 9.91. The molecule has 0 spiro atoms. The third kappa shape index (κ3) is 9.67. The summed E-state index contributed by atoms with van der Waals surface area (Å²) in [4.78, 5) is 76.5. The quantitative estimate of drug-likeness (QED) is 0.111. The number of amides is 3. The predicted molar refractivity (Wildman–Crippen MR) is 153 cm³/mol. The first-order chi connectivity index (χ1) is 20.4. The number of fused-ring (bicyclic) bond motifs is 1. The lowest BCUT2D eigenvalue weighted by molar-refractivity contribution is -0.147. The lowest BCUT2D eigenvalue weighted by Gasteiger charge is -2.25. The molecule has 0 saturated heterocycles. The Labute approximate surface area is 245 Å². The number of carbonyl (C=O) groups is 6. The van der Waals surface area contributed by atoms with Crippen molar-refractivity contribution in [2.45, 2.75) is 56.3 Å². The molecule has 4 unspecified atom stereocenters. The van der Waals surface area contributed by atoms with Gasteiger partial charge in [0.25, 0.3) is 0 Å². The highest BCUT2D eigenvalue weighted by atomic mass is 16.4. The van der Waals surface area contributed by atoms with Crippen molar-refractivity contribution in [1.29, 1.82) is 0 Å². The van der Waals surface area contributed by atoms with Gasteiger partial charge in [-0.05, 0) is 30.0 Å². The summed E-state index contributed by atoms with van der Waals surface area (Å²) in [6.45, 7) is 0. The van der Waals surface area contributed by atoms with Crippen LogP contribution in [-0.4, -0.2) is 80.1 Å². The number of carboxylic acid groups (broad SMARTS) is 3. The molecule has 9 N–H and O–H groups in total. The Morgan fingerprint density at radius 2 is 1.33 bits per heavy atom. The molecule has 3 amide bonds. The van der Waals surface area contributed by atoms with Gasteiger partial charge in [0.2, 0.25) is 17.7 Å². The van der Waals surface area contributed by atoms with E-state index < -0.39 is 72.6 Å². The van der Waals surface area contributed by atoms with Gasteiger partial charge in [-0.15, -0.1) is 0 Å². The van der Waals surface area contributed by atoms with Gasteiger partial charge in [-0.2, -0.15) is 0 Å². The Kier molecular flexibility index (Phi) is 11.3. The number of aromatic amines is 1. The highest BCUT2D eigenvalue weighted by Gasteiger charge is 2.31. The van der Waals surface area contributed by atoms with E-state index in [4.69, 9.17) is 10.8 Å². The van der Waals surface area contributed by atoms with Crippen LogP contribution in [0.4, 0.5) is 0 Å². The van der Waals surface area contributed by atoms with Crippen LogP contribution in [0.5, 0.6) is 0 Å². The molecule has 3 rings (SSSR count). The molecule has 1 aromatic heterocycles. The molecule has 3 aromatic rings. The van der Waals surface area contributed by atoms with Gasteiger partial charge >= 0.3 is 17.9 Å². The SMILES string of the molecule is NC(Cc1c[nH]c2ccccc12)C(=O)NC(CCC(=O)O)C(=O)NC(Cc1ccccc1)C(=O)NC(CC(=O)O)C(=O)O. The number of aromatic nitrogens is 1. The highest BCUT2D eigenvalue weighted by molar-refractivity contribution is 5.95. The summed E-state index contributed by atoms with van der Waals surface area (Å²) < 4.78 is 0. The van der Waals surface area contributed by atoms with Gasteiger partial charge in [0.1, 0.15) is 18.1 Å². The first-order valence-corrected chi connectivity index (χ1v) is 13.4. The zero-order valence-corrected chi connectivity index (χ0v) is 23.0. The van der Waals surface area contributed by atoms with Crippen LogP contribution in [0.15, 0.2) is 60.8 Å². The van der Waals surface area contributed by atoms with E-state index in [1.807, 2.05) is 24.3 Å². The van der Waals surface area contributed by atoms with E-state index in [9.17, 15) is 39.0 Å². The van der Waals surface area contributed by atoms with E-state index in [-0.39, 0.29) is 19.3 Å². The highest BCUT2D eigenvalue weighted by Crippen LogP contribution is 2.19. The minimum absolute atomic E-state index is 0.113. The van der Waals surface area contributed by atoms with Gasteiger partial charge in [0.15, 0.2) is 0 Å². The van der Waals surface area contributed by atoms with Crippen LogP contribution in [0.3, 0.4) is 0 Å². The lowest BCUT2D eigenvalue weighted by atomic mass is 10.0. The van der Waals surface area contributed by atoms with Gasteiger partial charge in [-0.3, -0.25) is 24.0 Å². The molecule has 0 bridgehead atoms. The number of carboxylic acids is 3. The first kappa shape index (κ1) is 32.3. The number of hydrogen-bond donors (Lipinski definition) is 8. The fraction of sp³-hybridized carbons (Fsp3) is 0.310. The van der Waals surface area contributed by atoms with Crippen LogP contribution in [0.2, 0.25) is 0 Å². The van der Waals surface area contributed by atoms with Gasteiger partial charge in [0, 0.05) is 29.9 Å². The number of benzene rings is 2. The molecule has 228 valence electrons. The second-order valence-corrected chi connectivity index (χ2v) is 9.91. The Morgan fingerprint density at radius 3 is 1.98 bits per heavy atom.